The fourth-order valence-corrected chi connectivity index (χ4v) is 4.38. The van der Waals surface area contributed by atoms with E-state index in [1.54, 1.807) is 25.2 Å². The topological polar surface area (TPSA) is 64.8 Å². The highest BCUT2D eigenvalue weighted by molar-refractivity contribution is 5.98. The molecule has 0 bridgehead atoms. The van der Waals surface area contributed by atoms with Crippen LogP contribution in [0.1, 0.15) is 41.6 Å². The zero-order valence-electron chi connectivity index (χ0n) is 18.9. The number of benzene rings is 2. The highest BCUT2D eigenvalue weighted by atomic mass is 19.1. The maximum atomic E-state index is 14.5. The van der Waals surface area contributed by atoms with Crippen molar-refractivity contribution in [1.82, 2.24) is 14.8 Å². The molecule has 34 heavy (non-hydrogen) atoms. The fraction of sp³-hybridized carbons (Fsp3) is 0.259. The van der Waals surface area contributed by atoms with E-state index in [0.29, 0.717) is 39.9 Å². The Morgan fingerprint density at radius 1 is 1.06 bits per heavy atom. The molecule has 2 heterocycles. The monoisotopic (exact) mass is 459 g/mol. The van der Waals surface area contributed by atoms with Crippen LogP contribution in [-0.2, 0) is 7.05 Å². The first-order valence-corrected chi connectivity index (χ1v) is 11.3. The minimum atomic E-state index is -0.786. The van der Waals surface area contributed by atoms with Crippen LogP contribution in [0.2, 0.25) is 0 Å². The standard InChI is InChI=1S/C27H23F2N3O2/c1-15-3-7-17(24(33)10-6-16-4-5-16)11-21(15)22-12-18-14-30-31-25(26(18)32(2)27(22)34)20-9-8-19(28)13-23(20)29/h3,7-9,11-14,16H,4-6,10H2,1-2H3. The SMILES string of the molecule is Cc1ccc(C(=O)CCC2CC2)cc1-c1cc2cnnc(-c3ccc(F)cc3F)c2n(C)c1=O. The van der Waals surface area contributed by atoms with Crippen LogP contribution in [0.5, 0.6) is 0 Å². The summed E-state index contributed by atoms with van der Waals surface area (Å²) in [6.45, 7) is 1.89. The Balaban J connectivity index is 1.63. The predicted molar refractivity (Wildman–Crippen MR) is 127 cm³/mol. The van der Waals surface area contributed by atoms with Gasteiger partial charge in [0.1, 0.15) is 17.3 Å². The van der Waals surface area contributed by atoms with E-state index in [4.69, 9.17) is 0 Å². The first-order chi connectivity index (χ1) is 16.3. The number of ketones is 1. The van der Waals surface area contributed by atoms with Gasteiger partial charge in [0.25, 0.3) is 5.56 Å². The Morgan fingerprint density at radius 3 is 2.59 bits per heavy atom. The van der Waals surface area contributed by atoms with E-state index in [9.17, 15) is 18.4 Å². The summed E-state index contributed by atoms with van der Waals surface area (Å²) in [6.07, 6.45) is 5.31. The largest absolute Gasteiger partial charge is 0.309 e. The van der Waals surface area contributed by atoms with Gasteiger partial charge in [-0.3, -0.25) is 9.59 Å². The van der Waals surface area contributed by atoms with Crippen molar-refractivity contribution in [2.45, 2.75) is 32.6 Å². The average Bonchev–Trinajstić information content (AvgIpc) is 3.64. The summed E-state index contributed by atoms with van der Waals surface area (Å²) < 4.78 is 29.3. The number of fused-ring (bicyclic) bond motifs is 1. The lowest BCUT2D eigenvalue weighted by Crippen LogP contribution is -2.20. The van der Waals surface area contributed by atoms with E-state index in [1.807, 2.05) is 13.0 Å². The van der Waals surface area contributed by atoms with Crippen molar-refractivity contribution in [3.63, 3.8) is 0 Å². The molecule has 0 spiro atoms. The lowest BCUT2D eigenvalue weighted by molar-refractivity contribution is 0.0978. The minimum Gasteiger partial charge on any atom is -0.309 e. The second-order valence-corrected chi connectivity index (χ2v) is 8.98. The molecule has 0 radical (unpaired) electrons. The number of aromatic nitrogens is 3. The molecule has 0 unspecified atom stereocenters. The van der Waals surface area contributed by atoms with Crippen molar-refractivity contribution >= 4 is 16.7 Å². The Kier molecular flexibility index (Phi) is 5.55. The molecule has 2 aromatic carbocycles. The molecule has 0 atom stereocenters. The maximum Gasteiger partial charge on any atom is 0.258 e. The predicted octanol–water partition coefficient (Wildman–Crippen LogP) is 5.62. The van der Waals surface area contributed by atoms with Crippen molar-refractivity contribution in [3.05, 3.63) is 81.8 Å². The number of rotatable bonds is 6. The highest BCUT2D eigenvalue weighted by Gasteiger charge is 2.23. The molecule has 5 rings (SSSR count). The first kappa shape index (κ1) is 22.1. The fourth-order valence-electron chi connectivity index (χ4n) is 4.38. The van der Waals surface area contributed by atoms with Gasteiger partial charge in [-0.25, -0.2) is 8.78 Å². The molecular weight excluding hydrogens is 436 g/mol. The van der Waals surface area contributed by atoms with E-state index in [2.05, 4.69) is 10.2 Å². The summed E-state index contributed by atoms with van der Waals surface area (Å²) in [5.41, 5.74) is 2.84. The maximum absolute atomic E-state index is 14.5. The number of carbonyl (C=O) groups excluding carboxylic acids is 1. The van der Waals surface area contributed by atoms with Crippen LogP contribution in [0.15, 0.2) is 53.5 Å². The van der Waals surface area contributed by atoms with Crippen LogP contribution in [-0.4, -0.2) is 20.5 Å². The van der Waals surface area contributed by atoms with Gasteiger partial charge in [-0.15, -0.1) is 5.10 Å². The lowest BCUT2D eigenvalue weighted by Gasteiger charge is -2.14. The van der Waals surface area contributed by atoms with E-state index in [0.717, 1.165) is 24.1 Å². The van der Waals surface area contributed by atoms with Gasteiger partial charge in [-0.1, -0.05) is 25.0 Å². The highest BCUT2D eigenvalue weighted by Crippen LogP contribution is 2.34. The van der Waals surface area contributed by atoms with Crippen LogP contribution in [0.3, 0.4) is 0 Å². The number of hydrogen-bond acceptors (Lipinski definition) is 4. The number of pyridine rings is 1. The van der Waals surface area contributed by atoms with E-state index in [1.165, 1.54) is 29.7 Å². The molecule has 0 N–H and O–H groups in total. The summed E-state index contributed by atoms with van der Waals surface area (Å²) in [5, 5.41) is 8.62. The Labute approximate surface area is 195 Å². The molecule has 2 aromatic heterocycles. The minimum absolute atomic E-state index is 0.0571. The van der Waals surface area contributed by atoms with Gasteiger partial charge in [-0.05, 0) is 54.7 Å². The summed E-state index contributed by atoms with van der Waals surface area (Å²) in [5.74, 6) is -0.743. The van der Waals surface area contributed by atoms with Crippen LogP contribution >= 0.6 is 0 Å². The first-order valence-electron chi connectivity index (χ1n) is 11.3. The third-order valence-corrected chi connectivity index (χ3v) is 6.54. The van der Waals surface area contributed by atoms with Gasteiger partial charge in [0.2, 0.25) is 0 Å². The normalized spacial score (nSPS) is 13.4. The van der Waals surface area contributed by atoms with E-state index in [-0.39, 0.29) is 22.6 Å². The van der Waals surface area contributed by atoms with Gasteiger partial charge >= 0.3 is 0 Å². The molecule has 0 amide bonds. The van der Waals surface area contributed by atoms with Crippen LogP contribution in [0.4, 0.5) is 8.78 Å². The molecule has 1 fully saturated rings. The number of nitrogens with zero attached hydrogens (tertiary/aromatic N) is 3. The molecule has 1 aliphatic carbocycles. The molecule has 172 valence electrons. The molecule has 7 heteroatoms. The quantitative estimate of drug-likeness (QED) is 0.351. The van der Waals surface area contributed by atoms with Crippen molar-refractivity contribution in [2.24, 2.45) is 13.0 Å². The molecule has 1 saturated carbocycles. The molecule has 0 saturated heterocycles. The summed E-state index contributed by atoms with van der Waals surface area (Å²) in [4.78, 5) is 26.2. The number of Topliss-reactive ketones (excluding diaryl/α,β-unsaturated/α-hetero) is 1. The van der Waals surface area contributed by atoms with Crippen LogP contribution in [0.25, 0.3) is 33.3 Å². The Hall–Kier alpha value is -3.74. The second-order valence-electron chi connectivity index (χ2n) is 8.98. The van der Waals surface area contributed by atoms with Crippen molar-refractivity contribution in [2.75, 3.05) is 0 Å². The molecule has 4 aromatic rings. The van der Waals surface area contributed by atoms with Crippen LogP contribution in [0, 0.1) is 24.5 Å². The number of aryl methyl sites for hydroxylation is 2. The summed E-state index contributed by atoms with van der Waals surface area (Å²) in [6, 6.07) is 10.3. The number of carbonyl (C=O) groups is 1. The third kappa shape index (κ3) is 4.02. The van der Waals surface area contributed by atoms with E-state index < -0.39 is 11.6 Å². The third-order valence-electron chi connectivity index (χ3n) is 6.54. The number of hydrogen-bond donors (Lipinski definition) is 0. The van der Waals surface area contributed by atoms with Gasteiger partial charge in [0, 0.05) is 41.6 Å². The Morgan fingerprint density at radius 2 is 1.85 bits per heavy atom. The summed E-state index contributed by atoms with van der Waals surface area (Å²) >= 11 is 0. The van der Waals surface area contributed by atoms with Crippen molar-refractivity contribution in [3.8, 4) is 22.4 Å². The summed E-state index contributed by atoms with van der Waals surface area (Å²) in [7, 11) is 1.58. The molecule has 1 aliphatic rings. The van der Waals surface area contributed by atoms with Crippen LogP contribution < -0.4 is 5.56 Å². The zero-order chi connectivity index (χ0) is 24.0. The average molecular weight is 459 g/mol. The molecular formula is C27H23F2N3O2. The molecule has 5 nitrogen and oxygen atoms in total. The second kappa shape index (κ2) is 8.56. The number of halogens is 2. The van der Waals surface area contributed by atoms with Crippen molar-refractivity contribution < 1.29 is 13.6 Å². The Bertz CT molecular complexity index is 1510. The van der Waals surface area contributed by atoms with Gasteiger partial charge in [0.15, 0.2) is 5.78 Å². The van der Waals surface area contributed by atoms with Gasteiger partial charge in [0.05, 0.1) is 11.7 Å². The molecule has 0 aliphatic heterocycles. The van der Waals surface area contributed by atoms with Crippen molar-refractivity contribution in [1.29, 1.82) is 0 Å². The smallest absolute Gasteiger partial charge is 0.258 e. The lowest BCUT2D eigenvalue weighted by atomic mass is 9.95. The van der Waals surface area contributed by atoms with Gasteiger partial charge in [-0.2, -0.15) is 5.10 Å². The zero-order valence-corrected chi connectivity index (χ0v) is 18.9. The van der Waals surface area contributed by atoms with E-state index >= 15 is 0 Å². The van der Waals surface area contributed by atoms with Gasteiger partial charge < -0.3 is 4.57 Å².